The van der Waals surface area contributed by atoms with E-state index in [1.807, 2.05) is 49.0 Å². The van der Waals surface area contributed by atoms with Crippen LogP contribution in [0.3, 0.4) is 0 Å². The Balaban J connectivity index is 1.74. The zero-order valence-corrected chi connectivity index (χ0v) is 16.0. The molecule has 1 unspecified atom stereocenters. The molecule has 1 heterocycles. The number of nitrogens with one attached hydrogen (secondary N) is 1. The van der Waals surface area contributed by atoms with Gasteiger partial charge in [-0.1, -0.05) is 0 Å². The fourth-order valence-corrected chi connectivity index (χ4v) is 3.02. The minimum Gasteiger partial charge on any atom is -0.497 e. The topological polar surface area (TPSA) is 48.3 Å². The van der Waals surface area contributed by atoms with E-state index in [1.54, 1.807) is 26.4 Å². The summed E-state index contributed by atoms with van der Waals surface area (Å²) < 4.78 is 26.3. The number of rotatable bonds is 7. The summed E-state index contributed by atoms with van der Waals surface area (Å²) >= 11 is 0. The third kappa shape index (κ3) is 4.11. The number of nitrogens with zero attached hydrogens (tertiary/aromatic N) is 2. The Hall–Kier alpha value is -2.86. The molecule has 1 aromatic heterocycles. The highest BCUT2D eigenvalue weighted by molar-refractivity contribution is 5.39. The van der Waals surface area contributed by atoms with Crippen LogP contribution in [0.15, 0.2) is 48.7 Å². The maximum Gasteiger partial charge on any atom is 0.127 e. The van der Waals surface area contributed by atoms with Crippen LogP contribution in [-0.2, 0) is 6.54 Å². The zero-order chi connectivity index (χ0) is 19.4. The maximum absolute atomic E-state index is 14.0. The number of halogens is 1. The molecule has 0 aliphatic carbocycles. The van der Waals surface area contributed by atoms with Crippen LogP contribution in [0.25, 0.3) is 5.69 Å². The van der Waals surface area contributed by atoms with Gasteiger partial charge in [0, 0.05) is 29.4 Å². The lowest BCUT2D eigenvalue weighted by Gasteiger charge is -2.15. The predicted octanol–water partition coefficient (Wildman–Crippen LogP) is 4.19. The highest BCUT2D eigenvalue weighted by atomic mass is 19.1. The maximum atomic E-state index is 14.0. The van der Waals surface area contributed by atoms with Crippen LogP contribution < -0.4 is 14.8 Å². The second-order valence-electron chi connectivity index (χ2n) is 6.36. The molecule has 3 aromatic rings. The minimum absolute atomic E-state index is 0.0163. The first-order valence-electron chi connectivity index (χ1n) is 8.78. The Kier molecular flexibility index (Phi) is 5.76. The molecule has 0 aliphatic rings. The largest absolute Gasteiger partial charge is 0.497 e. The SMILES string of the molecule is COc1ccc(-n2ncc(C(C)NCc3cc(OC)ccc3F)c2C)cc1. The summed E-state index contributed by atoms with van der Waals surface area (Å²) in [5.74, 6) is 1.20. The molecule has 1 N–H and O–H groups in total. The van der Waals surface area contributed by atoms with Gasteiger partial charge >= 0.3 is 0 Å². The van der Waals surface area contributed by atoms with Crippen molar-refractivity contribution in [2.24, 2.45) is 0 Å². The molecule has 0 fully saturated rings. The third-order valence-electron chi connectivity index (χ3n) is 4.68. The van der Waals surface area contributed by atoms with Gasteiger partial charge in [-0.2, -0.15) is 5.10 Å². The molecule has 0 amide bonds. The molecule has 0 bridgehead atoms. The van der Waals surface area contributed by atoms with Crippen molar-refractivity contribution in [3.8, 4) is 17.2 Å². The van der Waals surface area contributed by atoms with E-state index in [1.165, 1.54) is 6.07 Å². The van der Waals surface area contributed by atoms with E-state index < -0.39 is 0 Å². The van der Waals surface area contributed by atoms with Crippen molar-refractivity contribution in [3.05, 3.63) is 71.3 Å². The molecular formula is C21H24FN3O2. The van der Waals surface area contributed by atoms with E-state index >= 15 is 0 Å². The van der Waals surface area contributed by atoms with Crippen molar-refractivity contribution in [1.82, 2.24) is 15.1 Å². The highest BCUT2D eigenvalue weighted by Gasteiger charge is 2.15. The van der Waals surface area contributed by atoms with Gasteiger partial charge in [-0.05, 0) is 56.3 Å². The Morgan fingerprint density at radius 2 is 1.74 bits per heavy atom. The Labute approximate surface area is 158 Å². The number of ether oxygens (including phenoxy) is 2. The van der Waals surface area contributed by atoms with E-state index in [0.717, 1.165) is 22.7 Å². The van der Waals surface area contributed by atoms with Crippen molar-refractivity contribution in [3.63, 3.8) is 0 Å². The molecule has 1 atom stereocenters. The van der Waals surface area contributed by atoms with Crippen molar-refractivity contribution >= 4 is 0 Å². The van der Waals surface area contributed by atoms with E-state index in [0.29, 0.717) is 17.9 Å². The first-order valence-corrected chi connectivity index (χ1v) is 8.78. The fraction of sp³-hybridized carbons (Fsp3) is 0.286. The van der Waals surface area contributed by atoms with Gasteiger partial charge in [-0.25, -0.2) is 9.07 Å². The van der Waals surface area contributed by atoms with Crippen LogP contribution in [0.1, 0.15) is 29.8 Å². The standard InChI is InChI=1S/C21H24FN3O2/c1-14(23-12-16-11-19(27-4)9-10-21(16)22)20-13-24-25(15(20)2)17-5-7-18(26-3)8-6-17/h5-11,13-14,23H,12H2,1-4H3. The summed E-state index contributed by atoms with van der Waals surface area (Å²) in [6.07, 6.45) is 1.85. The highest BCUT2D eigenvalue weighted by Crippen LogP contribution is 2.23. The monoisotopic (exact) mass is 369 g/mol. The first-order chi connectivity index (χ1) is 13.0. The summed E-state index contributed by atoms with van der Waals surface area (Å²) in [4.78, 5) is 0. The average molecular weight is 369 g/mol. The molecule has 0 saturated carbocycles. The van der Waals surface area contributed by atoms with E-state index in [9.17, 15) is 4.39 Å². The minimum atomic E-state index is -0.249. The van der Waals surface area contributed by atoms with Gasteiger partial charge in [0.1, 0.15) is 17.3 Å². The molecular weight excluding hydrogens is 345 g/mol. The number of hydrogen-bond acceptors (Lipinski definition) is 4. The quantitative estimate of drug-likeness (QED) is 0.678. The Morgan fingerprint density at radius 3 is 2.41 bits per heavy atom. The zero-order valence-electron chi connectivity index (χ0n) is 16.0. The summed E-state index contributed by atoms with van der Waals surface area (Å²) in [5, 5.41) is 7.87. The van der Waals surface area contributed by atoms with Gasteiger partial charge in [0.25, 0.3) is 0 Å². The van der Waals surface area contributed by atoms with Gasteiger partial charge in [0.05, 0.1) is 26.1 Å². The summed E-state index contributed by atoms with van der Waals surface area (Å²) in [7, 11) is 3.22. The van der Waals surface area contributed by atoms with Gasteiger partial charge in [0.2, 0.25) is 0 Å². The summed E-state index contributed by atoms with van der Waals surface area (Å²) in [5.41, 5.74) is 3.63. The second kappa shape index (κ2) is 8.22. The molecule has 0 spiro atoms. The van der Waals surface area contributed by atoms with Gasteiger partial charge in [0.15, 0.2) is 0 Å². The molecule has 0 aliphatic heterocycles. The van der Waals surface area contributed by atoms with Crippen LogP contribution in [-0.4, -0.2) is 24.0 Å². The van der Waals surface area contributed by atoms with Crippen LogP contribution >= 0.6 is 0 Å². The Morgan fingerprint density at radius 1 is 1.07 bits per heavy atom. The lowest BCUT2D eigenvalue weighted by Crippen LogP contribution is -2.19. The molecule has 0 saturated heterocycles. The number of aromatic nitrogens is 2. The molecule has 5 nitrogen and oxygen atoms in total. The van der Waals surface area contributed by atoms with Gasteiger partial charge < -0.3 is 14.8 Å². The lowest BCUT2D eigenvalue weighted by molar-refractivity contribution is 0.412. The number of benzene rings is 2. The van der Waals surface area contributed by atoms with Crippen LogP contribution in [0.4, 0.5) is 4.39 Å². The van der Waals surface area contributed by atoms with Crippen molar-refractivity contribution in [2.45, 2.75) is 26.4 Å². The molecule has 2 aromatic carbocycles. The predicted molar refractivity (Wildman–Crippen MR) is 103 cm³/mol. The van der Waals surface area contributed by atoms with E-state index in [4.69, 9.17) is 9.47 Å². The van der Waals surface area contributed by atoms with Crippen LogP contribution in [0.5, 0.6) is 11.5 Å². The Bertz CT molecular complexity index is 906. The fourth-order valence-electron chi connectivity index (χ4n) is 3.02. The first kappa shape index (κ1) is 18.9. The lowest BCUT2D eigenvalue weighted by atomic mass is 10.1. The van der Waals surface area contributed by atoms with E-state index in [-0.39, 0.29) is 11.9 Å². The van der Waals surface area contributed by atoms with Crippen molar-refractivity contribution < 1.29 is 13.9 Å². The molecule has 27 heavy (non-hydrogen) atoms. The van der Waals surface area contributed by atoms with Gasteiger partial charge in [-0.15, -0.1) is 0 Å². The van der Waals surface area contributed by atoms with Crippen LogP contribution in [0.2, 0.25) is 0 Å². The van der Waals surface area contributed by atoms with Crippen molar-refractivity contribution in [1.29, 1.82) is 0 Å². The second-order valence-corrected chi connectivity index (χ2v) is 6.36. The summed E-state index contributed by atoms with van der Waals surface area (Å²) in [6, 6.07) is 12.5. The van der Waals surface area contributed by atoms with Gasteiger partial charge in [-0.3, -0.25) is 0 Å². The third-order valence-corrected chi connectivity index (χ3v) is 4.68. The normalized spacial score (nSPS) is 12.0. The average Bonchev–Trinajstić information content (AvgIpc) is 3.08. The molecule has 6 heteroatoms. The summed E-state index contributed by atoms with van der Waals surface area (Å²) in [6.45, 7) is 4.47. The molecule has 0 radical (unpaired) electrons. The molecule has 3 rings (SSSR count). The van der Waals surface area contributed by atoms with E-state index in [2.05, 4.69) is 10.4 Å². The van der Waals surface area contributed by atoms with Crippen molar-refractivity contribution in [2.75, 3.05) is 14.2 Å². The smallest absolute Gasteiger partial charge is 0.127 e. The number of hydrogen-bond donors (Lipinski definition) is 1. The number of methoxy groups -OCH3 is 2. The molecule has 142 valence electrons. The van der Waals surface area contributed by atoms with Crippen LogP contribution in [0, 0.1) is 12.7 Å².